The molecule has 1 unspecified atom stereocenters. The van der Waals surface area contributed by atoms with E-state index in [1.54, 1.807) is 0 Å². The average molecular weight is 200 g/mol. The van der Waals surface area contributed by atoms with E-state index in [9.17, 15) is 4.79 Å². The summed E-state index contributed by atoms with van der Waals surface area (Å²) in [5.74, 6) is 0.636. The van der Waals surface area contributed by atoms with Crippen molar-refractivity contribution >= 4 is 5.91 Å². The number of amides is 1. The Bertz CT molecular complexity index is 167. The van der Waals surface area contributed by atoms with Gasteiger partial charge in [0.15, 0.2) is 0 Å². The van der Waals surface area contributed by atoms with Crippen LogP contribution < -0.4 is 10.6 Å². The van der Waals surface area contributed by atoms with Crippen LogP contribution in [0.1, 0.15) is 41.0 Å². The van der Waals surface area contributed by atoms with Gasteiger partial charge in [-0.2, -0.15) is 0 Å². The van der Waals surface area contributed by atoms with Gasteiger partial charge in [-0.3, -0.25) is 4.79 Å². The minimum absolute atomic E-state index is 0.138. The molecule has 0 aromatic carbocycles. The maximum atomic E-state index is 11.4. The lowest BCUT2D eigenvalue weighted by atomic mass is 10.1. The summed E-state index contributed by atoms with van der Waals surface area (Å²) in [6.07, 6.45) is 0.565. The normalized spacial score (nSPS) is 13.4. The monoisotopic (exact) mass is 200 g/mol. The van der Waals surface area contributed by atoms with Crippen LogP contribution in [0, 0.1) is 5.92 Å². The van der Waals surface area contributed by atoms with E-state index < -0.39 is 0 Å². The van der Waals surface area contributed by atoms with Crippen molar-refractivity contribution in [2.45, 2.75) is 53.1 Å². The molecule has 0 fully saturated rings. The second-order valence-electron chi connectivity index (χ2n) is 4.46. The predicted molar refractivity (Wildman–Crippen MR) is 60.2 cm³/mol. The Morgan fingerprint density at radius 3 is 2.14 bits per heavy atom. The molecule has 2 N–H and O–H groups in total. The fourth-order valence-corrected chi connectivity index (χ4v) is 0.967. The number of nitrogens with one attached hydrogen (secondary N) is 2. The van der Waals surface area contributed by atoms with Crippen molar-refractivity contribution in [3.63, 3.8) is 0 Å². The Hall–Kier alpha value is -0.570. The molecule has 0 bridgehead atoms. The van der Waals surface area contributed by atoms with Crippen molar-refractivity contribution in [1.82, 2.24) is 10.6 Å². The molecule has 0 heterocycles. The van der Waals surface area contributed by atoms with Crippen LogP contribution in [-0.4, -0.2) is 24.5 Å². The van der Waals surface area contributed by atoms with Crippen molar-refractivity contribution in [1.29, 1.82) is 0 Å². The van der Waals surface area contributed by atoms with Crippen LogP contribution in [0.15, 0.2) is 0 Å². The molecule has 0 aliphatic rings. The van der Waals surface area contributed by atoms with Crippen LogP contribution in [0.2, 0.25) is 0 Å². The maximum absolute atomic E-state index is 11.4. The molecule has 0 rings (SSSR count). The molecule has 0 aliphatic carbocycles. The summed E-state index contributed by atoms with van der Waals surface area (Å²) in [5.41, 5.74) is 0. The summed E-state index contributed by atoms with van der Waals surface area (Å²) in [7, 11) is 0. The van der Waals surface area contributed by atoms with Gasteiger partial charge in [0.05, 0.1) is 0 Å². The Morgan fingerprint density at radius 1 is 1.14 bits per heavy atom. The standard InChI is InChI=1S/C11H24N2O/c1-8(2)10(5)13-11(14)6-7-12-9(3)4/h8-10,12H,6-7H2,1-5H3,(H,13,14). The third-order valence-corrected chi connectivity index (χ3v) is 2.29. The molecule has 1 amide bonds. The van der Waals surface area contributed by atoms with E-state index in [-0.39, 0.29) is 11.9 Å². The van der Waals surface area contributed by atoms with Gasteiger partial charge in [-0.05, 0) is 12.8 Å². The lowest BCUT2D eigenvalue weighted by Crippen LogP contribution is -2.38. The quantitative estimate of drug-likeness (QED) is 0.683. The van der Waals surface area contributed by atoms with Gasteiger partial charge in [-0.15, -0.1) is 0 Å². The molecule has 0 aromatic heterocycles. The van der Waals surface area contributed by atoms with Crippen molar-refractivity contribution in [3.8, 4) is 0 Å². The molecule has 0 aliphatic heterocycles. The van der Waals surface area contributed by atoms with Gasteiger partial charge in [0.2, 0.25) is 5.91 Å². The highest BCUT2D eigenvalue weighted by molar-refractivity contribution is 5.76. The van der Waals surface area contributed by atoms with Gasteiger partial charge in [0, 0.05) is 25.0 Å². The molecule has 3 heteroatoms. The van der Waals surface area contributed by atoms with E-state index in [2.05, 4.69) is 38.3 Å². The molecule has 0 saturated carbocycles. The van der Waals surface area contributed by atoms with Gasteiger partial charge < -0.3 is 10.6 Å². The molecule has 0 aromatic rings. The Morgan fingerprint density at radius 2 is 1.71 bits per heavy atom. The summed E-state index contributed by atoms with van der Waals surface area (Å²) >= 11 is 0. The molecular weight excluding hydrogens is 176 g/mol. The minimum Gasteiger partial charge on any atom is -0.353 e. The third-order valence-electron chi connectivity index (χ3n) is 2.29. The van der Waals surface area contributed by atoms with E-state index in [1.165, 1.54) is 0 Å². The first-order valence-electron chi connectivity index (χ1n) is 5.46. The van der Waals surface area contributed by atoms with Crippen molar-refractivity contribution < 1.29 is 4.79 Å². The van der Waals surface area contributed by atoms with E-state index in [4.69, 9.17) is 0 Å². The zero-order valence-electron chi connectivity index (χ0n) is 10.1. The topological polar surface area (TPSA) is 41.1 Å². The van der Waals surface area contributed by atoms with E-state index >= 15 is 0 Å². The third kappa shape index (κ3) is 6.89. The van der Waals surface area contributed by atoms with Crippen LogP contribution in [0.25, 0.3) is 0 Å². The highest BCUT2D eigenvalue weighted by atomic mass is 16.1. The van der Waals surface area contributed by atoms with Crippen molar-refractivity contribution in [2.75, 3.05) is 6.54 Å². The molecule has 1 atom stereocenters. The first-order chi connectivity index (χ1) is 6.43. The number of carbonyl (C=O) groups excluding carboxylic acids is 1. The molecular formula is C11H24N2O. The second kappa shape index (κ2) is 6.82. The molecule has 3 nitrogen and oxygen atoms in total. The summed E-state index contributed by atoms with van der Waals surface area (Å²) in [5, 5.41) is 6.19. The fraction of sp³-hybridized carbons (Fsp3) is 0.909. The van der Waals surface area contributed by atoms with Gasteiger partial charge in [-0.25, -0.2) is 0 Å². The number of hydrogen-bond donors (Lipinski definition) is 2. The SMILES string of the molecule is CC(C)NCCC(=O)NC(C)C(C)C. The highest BCUT2D eigenvalue weighted by Gasteiger charge is 2.09. The first-order valence-corrected chi connectivity index (χ1v) is 5.46. The summed E-state index contributed by atoms with van der Waals surface area (Å²) in [6, 6.07) is 0.715. The highest BCUT2D eigenvalue weighted by Crippen LogP contribution is 1.99. The Labute approximate surface area is 87.6 Å². The largest absolute Gasteiger partial charge is 0.353 e. The summed E-state index contributed by atoms with van der Waals surface area (Å²) < 4.78 is 0. The van der Waals surface area contributed by atoms with Crippen LogP contribution in [0.5, 0.6) is 0 Å². The van der Waals surface area contributed by atoms with Gasteiger partial charge in [-0.1, -0.05) is 27.7 Å². The van der Waals surface area contributed by atoms with E-state index in [1.807, 2.05) is 6.92 Å². The Kier molecular flexibility index (Phi) is 6.54. The number of carbonyl (C=O) groups is 1. The van der Waals surface area contributed by atoms with Gasteiger partial charge in [0.25, 0.3) is 0 Å². The molecule has 0 radical (unpaired) electrons. The zero-order valence-corrected chi connectivity index (χ0v) is 10.1. The molecule has 0 saturated heterocycles. The van der Waals surface area contributed by atoms with Crippen molar-refractivity contribution in [3.05, 3.63) is 0 Å². The molecule has 84 valence electrons. The first kappa shape index (κ1) is 13.4. The predicted octanol–water partition coefficient (Wildman–Crippen LogP) is 1.54. The lowest BCUT2D eigenvalue weighted by molar-refractivity contribution is -0.121. The Balaban J connectivity index is 3.55. The maximum Gasteiger partial charge on any atom is 0.221 e. The van der Waals surface area contributed by atoms with E-state index in [0.29, 0.717) is 18.4 Å². The fourth-order valence-electron chi connectivity index (χ4n) is 0.967. The van der Waals surface area contributed by atoms with E-state index in [0.717, 1.165) is 6.54 Å². The lowest BCUT2D eigenvalue weighted by Gasteiger charge is -2.17. The zero-order chi connectivity index (χ0) is 11.1. The van der Waals surface area contributed by atoms with Crippen LogP contribution in [0.4, 0.5) is 0 Å². The number of hydrogen-bond acceptors (Lipinski definition) is 2. The summed E-state index contributed by atoms with van der Waals surface area (Å²) in [6.45, 7) is 11.2. The van der Waals surface area contributed by atoms with Gasteiger partial charge in [0.1, 0.15) is 0 Å². The van der Waals surface area contributed by atoms with Crippen molar-refractivity contribution in [2.24, 2.45) is 5.92 Å². The molecule has 0 spiro atoms. The van der Waals surface area contributed by atoms with Crippen LogP contribution in [0.3, 0.4) is 0 Å². The van der Waals surface area contributed by atoms with Crippen LogP contribution >= 0.6 is 0 Å². The van der Waals surface area contributed by atoms with Gasteiger partial charge >= 0.3 is 0 Å². The smallest absolute Gasteiger partial charge is 0.221 e. The average Bonchev–Trinajstić information content (AvgIpc) is 2.02. The molecule has 14 heavy (non-hydrogen) atoms. The summed E-state index contributed by atoms with van der Waals surface area (Å²) in [4.78, 5) is 11.4. The minimum atomic E-state index is 0.138. The van der Waals surface area contributed by atoms with Crippen LogP contribution in [-0.2, 0) is 4.79 Å². The second-order valence-corrected chi connectivity index (χ2v) is 4.46. The number of rotatable bonds is 6.